The van der Waals surface area contributed by atoms with Crippen LogP contribution in [-0.4, -0.2) is 59.7 Å². The van der Waals surface area contributed by atoms with Crippen LogP contribution >= 0.6 is 11.6 Å². The normalized spacial score (nSPS) is 11.3. The van der Waals surface area contributed by atoms with E-state index in [9.17, 15) is 19.6 Å². The van der Waals surface area contributed by atoms with E-state index in [1.807, 2.05) is 32.3 Å². The van der Waals surface area contributed by atoms with Crippen LogP contribution in [0.5, 0.6) is 11.5 Å². The van der Waals surface area contributed by atoms with E-state index in [2.05, 4.69) is 12.6 Å². The van der Waals surface area contributed by atoms with Crippen LogP contribution in [0.1, 0.15) is 73.5 Å². The van der Waals surface area contributed by atoms with Crippen molar-refractivity contribution >= 4 is 40.8 Å². The van der Waals surface area contributed by atoms with Gasteiger partial charge < -0.3 is 23.7 Å². The lowest BCUT2D eigenvalue weighted by atomic mass is 9.95. The van der Waals surface area contributed by atoms with Crippen molar-refractivity contribution in [2.45, 2.75) is 54.1 Å². The summed E-state index contributed by atoms with van der Waals surface area (Å²) in [7, 11) is 3.52. The average Bonchev–Trinajstić information content (AvgIpc) is 3.39. The summed E-state index contributed by atoms with van der Waals surface area (Å²) in [5, 5.41) is 10.4. The van der Waals surface area contributed by atoms with E-state index in [0.717, 1.165) is 0 Å². The maximum atomic E-state index is 14.9. The van der Waals surface area contributed by atoms with Crippen molar-refractivity contribution in [3.63, 3.8) is 0 Å². The summed E-state index contributed by atoms with van der Waals surface area (Å²) < 4.78 is 19.3. The van der Waals surface area contributed by atoms with E-state index in [1.54, 1.807) is 113 Å². The highest BCUT2D eigenvalue weighted by Crippen LogP contribution is 2.36. The number of rotatable bonds is 12. The molecule has 0 radical (unpaired) electrons. The molecule has 1 aromatic heterocycles. The fraction of sp³-hybridized carbons (Fsp3) is 0.333. The molecule has 0 fully saturated rings. The number of likely N-dealkylation sites (N-methyl/N-ethyl adjacent to an activating group) is 1. The zero-order valence-corrected chi connectivity index (χ0v) is 32.6. The molecule has 0 aliphatic heterocycles. The number of esters is 1. The van der Waals surface area contributed by atoms with E-state index in [1.165, 1.54) is 4.90 Å². The Morgan fingerprint density at radius 3 is 2.19 bits per heavy atom. The lowest BCUT2D eigenvalue weighted by molar-refractivity contribution is -0.138. The van der Waals surface area contributed by atoms with E-state index in [0.29, 0.717) is 69.1 Å². The van der Waals surface area contributed by atoms with Gasteiger partial charge in [0.2, 0.25) is 5.91 Å². The van der Waals surface area contributed by atoms with Crippen LogP contribution in [0, 0.1) is 23.7 Å². The summed E-state index contributed by atoms with van der Waals surface area (Å²) in [6, 6.07) is 20.7. The number of aromatic nitrogens is 1. The summed E-state index contributed by atoms with van der Waals surface area (Å²) in [6.07, 6.45) is 1.64. The second-order valence-electron chi connectivity index (χ2n) is 14.7. The molecule has 278 valence electrons. The second-order valence-corrected chi connectivity index (χ2v) is 15.1. The molecule has 0 aliphatic carbocycles. The predicted octanol–water partition coefficient (Wildman–Crippen LogP) is 8.91. The van der Waals surface area contributed by atoms with Crippen LogP contribution in [0.4, 0.5) is 11.4 Å². The molecule has 0 aliphatic rings. The maximum Gasteiger partial charge on any atom is 0.339 e. The van der Waals surface area contributed by atoms with Gasteiger partial charge in [0.05, 0.1) is 35.0 Å². The van der Waals surface area contributed by atoms with E-state index >= 15 is 0 Å². The third-order valence-corrected chi connectivity index (χ3v) is 8.51. The van der Waals surface area contributed by atoms with Gasteiger partial charge in [0.25, 0.3) is 5.91 Å². The molecule has 4 aromatic rings. The van der Waals surface area contributed by atoms with Crippen LogP contribution in [0.15, 0.2) is 79.4 Å². The first-order valence-corrected chi connectivity index (χ1v) is 17.5. The van der Waals surface area contributed by atoms with Gasteiger partial charge in [-0.15, -0.1) is 0 Å². The molecule has 0 unspecified atom stereocenters. The number of hydrogen-bond acceptors (Lipinski definition) is 7. The molecule has 10 nitrogen and oxygen atoms in total. The Balaban J connectivity index is 1.81. The van der Waals surface area contributed by atoms with Gasteiger partial charge in [-0.3, -0.25) is 14.5 Å². The SMILES string of the molecule is C=CCOc1ccc(N(C(=O)c2cc(-c3cc(Cl)ccc3C(=O)OC(C)(C)C)n(C)c2C)c2cc(C#N)cc(OCCN(C)C(=O)C(C)(C)C)c2)cc1. The summed E-state index contributed by atoms with van der Waals surface area (Å²) >= 11 is 6.44. The Labute approximate surface area is 317 Å². The molecule has 1 heterocycles. The Kier molecular flexibility index (Phi) is 12.5. The molecular weight excluding hydrogens is 692 g/mol. The summed E-state index contributed by atoms with van der Waals surface area (Å²) in [5.41, 5.74) is 2.22. The lowest BCUT2D eigenvalue weighted by Gasteiger charge is -2.26. The highest BCUT2D eigenvalue weighted by Gasteiger charge is 2.29. The number of carbonyl (C=O) groups excluding carboxylic acids is 3. The highest BCUT2D eigenvalue weighted by molar-refractivity contribution is 6.31. The molecule has 0 N–H and O–H groups in total. The number of ether oxygens (including phenoxy) is 3. The number of nitrogens with zero attached hydrogens (tertiary/aromatic N) is 4. The molecule has 11 heteroatoms. The van der Waals surface area contributed by atoms with E-state index in [4.69, 9.17) is 25.8 Å². The zero-order chi connectivity index (χ0) is 39.2. The van der Waals surface area contributed by atoms with Crippen molar-refractivity contribution in [1.82, 2.24) is 9.47 Å². The molecular formula is C42H47ClN4O6. The summed E-state index contributed by atoms with van der Waals surface area (Å²) in [6.45, 7) is 17.2. The Hall–Kier alpha value is -5.53. The molecule has 0 bridgehead atoms. The Morgan fingerprint density at radius 2 is 1.58 bits per heavy atom. The standard InChI is InChI=1S/C42H47ClN4O6/c1-11-19-51-32-15-13-30(14-16-32)47(31-21-28(26-44)22-33(24-31)52-20-18-45(9)40(50)41(3,4)5)38(48)35-25-37(46(10)27(35)2)36-23-29(43)12-17-34(36)39(49)53-42(6,7)8/h11-17,21-25H,1,18-20H2,2-10H3. The molecule has 2 amide bonds. The molecule has 0 saturated heterocycles. The Bertz CT molecular complexity index is 2050. The number of benzene rings is 3. The van der Waals surface area contributed by atoms with Crippen molar-refractivity contribution in [3.05, 3.63) is 107 Å². The highest BCUT2D eigenvalue weighted by atomic mass is 35.5. The van der Waals surface area contributed by atoms with Gasteiger partial charge >= 0.3 is 5.97 Å². The largest absolute Gasteiger partial charge is 0.492 e. The molecule has 0 saturated carbocycles. The van der Waals surface area contributed by atoms with E-state index < -0.39 is 22.9 Å². The summed E-state index contributed by atoms with van der Waals surface area (Å²) in [4.78, 5) is 44.0. The number of hydrogen-bond donors (Lipinski definition) is 0. The second kappa shape index (κ2) is 16.4. The minimum atomic E-state index is -0.730. The van der Waals surface area contributed by atoms with Crippen molar-refractivity contribution in [1.29, 1.82) is 5.26 Å². The van der Waals surface area contributed by atoms with Crippen molar-refractivity contribution < 1.29 is 28.6 Å². The number of nitriles is 1. The minimum absolute atomic E-state index is 0.0292. The number of amides is 2. The lowest BCUT2D eigenvalue weighted by Crippen LogP contribution is -2.38. The smallest absolute Gasteiger partial charge is 0.339 e. The molecule has 4 rings (SSSR count). The van der Waals surface area contributed by atoms with Crippen molar-refractivity contribution in [2.24, 2.45) is 12.5 Å². The van der Waals surface area contributed by atoms with Gasteiger partial charge in [-0.1, -0.05) is 45.0 Å². The molecule has 0 spiro atoms. The van der Waals surface area contributed by atoms with Gasteiger partial charge in [0, 0.05) is 53.2 Å². The van der Waals surface area contributed by atoms with Crippen LogP contribution < -0.4 is 14.4 Å². The number of anilines is 2. The molecule has 0 atom stereocenters. The number of halogens is 1. The third kappa shape index (κ3) is 9.87. The number of carbonyl (C=O) groups is 3. The zero-order valence-electron chi connectivity index (χ0n) is 31.9. The third-order valence-electron chi connectivity index (χ3n) is 8.27. The molecule has 3 aromatic carbocycles. The van der Waals surface area contributed by atoms with Gasteiger partial charge in [-0.05, 0) is 88.4 Å². The van der Waals surface area contributed by atoms with Crippen LogP contribution in [0.3, 0.4) is 0 Å². The Morgan fingerprint density at radius 1 is 0.906 bits per heavy atom. The van der Waals surface area contributed by atoms with Crippen LogP contribution in [0.2, 0.25) is 5.02 Å². The van der Waals surface area contributed by atoms with Gasteiger partial charge in [0.15, 0.2) is 0 Å². The van der Waals surface area contributed by atoms with Gasteiger partial charge in [-0.25, -0.2) is 4.79 Å². The summed E-state index contributed by atoms with van der Waals surface area (Å²) in [5.74, 6) is -0.0181. The predicted molar refractivity (Wildman–Crippen MR) is 208 cm³/mol. The first-order valence-electron chi connectivity index (χ1n) is 17.2. The van der Waals surface area contributed by atoms with Crippen LogP contribution in [-0.2, 0) is 16.6 Å². The van der Waals surface area contributed by atoms with Crippen molar-refractivity contribution in [3.8, 4) is 28.8 Å². The maximum absolute atomic E-state index is 14.9. The quantitative estimate of drug-likeness (QED) is 0.105. The monoisotopic (exact) mass is 738 g/mol. The van der Waals surface area contributed by atoms with Gasteiger partial charge in [-0.2, -0.15) is 5.26 Å². The van der Waals surface area contributed by atoms with Crippen LogP contribution in [0.25, 0.3) is 11.3 Å². The average molecular weight is 739 g/mol. The van der Waals surface area contributed by atoms with Gasteiger partial charge in [0.1, 0.15) is 30.3 Å². The first-order chi connectivity index (χ1) is 24.8. The van der Waals surface area contributed by atoms with E-state index in [-0.39, 0.29) is 18.1 Å². The minimum Gasteiger partial charge on any atom is -0.492 e. The fourth-order valence-corrected chi connectivity index (χ4v) is 5.77. The fourth-order valence-electron chi connectivity index (χ4n) is 5.60. The molecule has 53 heavy (non-hydrogen) atoms. The topological polar surface area (TPSA) is 114 Å². The first kappa shape index (κ1) is 40.2. The van der Waals surface area contributed by atoms with Crippen molar-refractivity contribution in [2.75, 3.05) is 31.7 Å².